The molecule has 1 aromatic heterocycles. The van der Waals surface area contributed by atoms with Gasteiger partial charge in [-0.15, -0.1) is 0 Å². The summed E-state index contributed by atoms with van der Waals surface area (Å²) >= 11 is 0. The van der Waals surface area contributed by atoms with Gasteiger partial charge in [0.15, 0.2) is 0 Å². The van der Waals surface area contributed by atoms with Gasteiger partial charge in [-0.2, -0.15) is 0 Å². The number of carbonyl (C=O) groups is 1. The molecule has 1 aromatic carbocycles. The third-order valence-corrected chi connectivity index (χ3v) is 4.56. The highest BCUT2D eigenvalue weighted by Crippen LogP contribution is 2.27. The Morgan fingerprint density at radius 1 is 1.28 bits per heavy atom. The Morgan fingerprint density at radius 3 is 2.56 bits per heavy atom. The van der Waals surface area contributed by atoms with E-state index in [1.165, 1.54) is 0 Å². The van der Waals surface area contributed by atoms with E-state index in [1.807, 2.05) is 43.0 Å². The molecule has 5 heteroatoms. The van der Waals surface area contributed by atoms with Gasteiger partial charge in [0, 0.05) is 36.6 Å². The normalized spacial score (nSPS) is 15.2. The average molecular weight is 340 g/mol. The molecule has 1 aliphatic heterocycles. The van der Waals surface area contributed by atoms with Crippen molar-refractivity contribution in [2.45, 2.75) is 39.4 Å². The van der Waals surface area contributed by atoms with Crippen LogP contribution in [0.4, 0.5) is 0 Å². The van der Waals surface area contributed by atoms with E-state index in [-0.39, 0.29) is 12.0 Å². The fourth-order valence-electron chi connectivity index (χ4n) is 3.19. The standard InChI is InChI=1S/C20H24N2O3/c1-14-10-17(20(24)22-8-5-18(23)6-9-22)11-15(2)19(14)25-13-16-4-3-7-21-12-16/h3-4,7,10-12,18,23H,5-6,8-9,13H2,1-2H3. The van der Waals surface area contributed by atoms with Gasteiger partial charge in [0.25, 0.3) is 5.91 Å². The third kappa shape index (κ3) is 4.17. The van der Waals surface area contributed by atoms with E-state index in [0.29, 0.717) is 38.1 Å². The van der Waals surface area contributed by atoms with Crippen LogP contribution >= 0.6 is 0 Å². The molecule has 2 aromatic rings. The highest BCUT2D eigenvalue weighted by Gasteiger charge is 2.23. The van der Waals surface area contributed by atoms with Gasteiger partial charge < -0.3 is 14.7 Å². The van der Waals surface area contributed by atoms with Crippen LogP contribution in [0, 0.1) is 13.8 Å². The van der Waals surface area contributed by atoms with Crippen molar-refractivity contribution >= 4 is 5.91 Å². The number of nitrogens with zero attached hydrogens (tertiary/aromatic N) is 2. The minimum absolute atomic E-state index is 0.0249. The van der Waals surface area contributed by atoms with Crippen molar-refractivity contribution in [3.8, 4) is 5.75 Å². The van der Waals surface area contributed by atoms with E-state index in [1.54, 1.807) is 12.4 Å². The molecule has 1 amide bonds. The van der Waals surface area contributed by atoms with Crippen LogP contribution in [0.2, 0.25) is 0 Å². The van der Waals surface area contributed by atoms with Gasteiger partial charge in [0.05, 0.1) is 6.10 Å². The maximum Gasteiger partial charge on any atom is 0.253 e. The summed E-state index contributed by atoms with van der Waals surface area (Å²) in [6.45, 7) is 5.59. The summed E-state index contributed by atoms with van der Waals surface area (Å²) in [4.78, 5) is 18.6. The zero-order valence-corrected chi connectivity index (χ0v) is 14.7. The first-order chi connectivity index (χ1) is 12.0. The minimum Gasteiger partial charge on any atom is -0.488 e. The maximum atomic E-state index is 12.7. The maximum absolute atomic E-state index is 12.7. The first-order valence-electron chi connectivity index (χ1n) is 8.65. The number of hydrogen-bond acceptors (Lipinski definition) is 4. The second kappa shape index (κ2) is 7.66. The van der Waals surface area contributed by atoms with Crippen molar-refractivity contribution in [3.63, 3.8) is 0 Å². The molecule has 0 unspecified atom stereocenters. The summed E-state index contributed by atoms with van der Waals surface area (Å²) in [5, 5.41) is 9.60. The molecular formula is C20H24N2O3. The van der Waals surface area contributed by atoms with Gasteiger partial charge in [-0.25, -0.2) is 0 Å². The van der Waals surface area contributed by atoms with Crippen LogP contribution in [0.3, 0.4) is 0 Å². The largest absolute Gasteiger partial charge is 0.488 e. The average Bonchev–Trinajstić information content (AvgIpc) is 2.62. The predicted molar refractivity (Wildman–Crippen MR) is 95.6 cm³/mol. The molecule has 3 rings (SSSR count). The molecule has 0 spiro atoms. The van der Waals surface area contributed by atoms with Crippen molar-refractivity contribution in [3.05, 3.63) is 58.9 Å². The summed E-state index contributed by atoms with van der Waals surface area (Å²) in [5.41, 5.74) is 3.59. The molecule has 0 radical (unpaired) electrons. The number of piperidine rings is 1. The Hall–Kier alpha value is -2.40. The molecule has 1 N–H and O–H groups in total. The molecule has 1 saturated heterocycles. The molecule has 1 aliphatic rings. The molecule has 1 fully saturated rings. The van der Waals surface area contributed by atoms with E-state index in [0.717, 1.165) is 22.4 Å². The lowest BCUT2D eigenvalue weighted by atomic mass is 10.0. The van der Waals surface area contributed by atoms with Crippen LogP contribution in [-0.2, 0) is 6.61 Å². The zero-order chi connectivity index (χ0) is 17.8. The SMILES string of the molecule is Cc1cc(C(=O)N2CCC(O)CC2)cc(C)c1OCc1cccnc1. The van der Waals surface area contributed by atoms with Gasteiger partial charge in [-0.05, 0) is 56.0 Å². The van der Waals surface area contributed by atoms with Crippen molar-refractivity contribution in [1.82, 2.24) is 9.88 Å². The molecule has 0 atom stereocenters. The van der Waals surface area contributed by atoms with Crippen molar-refractivity contribution in [1.29, 1.82) is 0 Å². The molecule has 0 bridgehead atoms. The lowest BCUT2D eigenvalue weighted by Gasteiger charge is -2.30. The van der Waals surface area contributed by atoms with Gasteiger partial charge in [0.1, 0.15) is 12.4 Å². The third-order valence-electron chi connectivity index (χ3n) is 4.56. The lowest BCUT2D eigenvalue weighted by molar-refractivity contribution is 0.0546. The molecule has 5 nitrogen and oxygen atoms in total. The molecule has 0 aliphatic carbocycles. The van der Waals surface area contributed by atoms with E-state index >= 15 is 0 Å². The molecule has 25 heavy (non-hydrogen) atoms. The fourth-order valence-corrected chi connectivity index (χ4v) is 3.19. The summed E-state index contributed by atoms with van der Waals surface area (Å²) in [6, 6.07) is 7.63. The monoisotopic (exact) mass is 340 g/mol. The van der Waals surface area contributed by atoms with Gasteiger partial charge in [-0.1, -0.05) is 6.07 Å². The Bertz CT molecular complexity index is 715. The highest BCUT2D eigenvalue weighted by atomic mass is 16.5. The number of benzene rings is 1. The van der Waals surface area contributed by atoms with Gasteiger partial charge >= 0.3 is 0 Å². The van der Waals surface area contributed by atoms with E-state index in [4.69, 9.17) is 4.74 Å². The minimum atomic E-state index is -0.282. The van der Waals surface area contributed by atoms with E-state index in [9.17, 15) is 9.90 Å². The summed E-state index contributed by atoms with van der Waals surface area (Å²) in [7, 11) is 0. The summed E-state index contributed by atoms with van der Waals surface area (Å²) in [5.74, 6) is 0.839. The number of carbonyl (C=O) groups excluding carboxylic acids is 1. The summed E-state index contributed by atoms with van der Waals surface area (Å²) < 4.78 is 5.95. The zero-order valence-electron chi connectivity index (χ0n) is 14.7. The van der Waals surface area contributed by atoms with E-state index < -0.39 is 0 Å². The van der Waals surface area contributed by atoms with Gasteiger partial charge in [0.2, 0.25) is 0 Å². The molecule has 132 valence electrons. The van der Waals surface area contributed by atoms with Crippen LogP contribution in [0.1, 0.15) is 39.9 Å². The number of aryl methyl sites for hydroxylation is 2. The topological polar surface area (TPSA) is 62.7 Å². The number of aliphatic hydroxyl groups excluding tert-OH is 1. The van der Waals surface area contributed by atoms with Crippen LogP contribution in [0.5, 0.6) is 5.75 Å². The second-order valence-corrected chi connectivity index (χ2v) is 6.61. The quantitative estimate of drug-likeness (QED) is 0.930. The Kier molecular flexibility index (Phi) is 5.34. The van der Waals surface area contributed by atoms with Gasteiger partial charge in [-0.3, -0.25) is 9.78 Å². The number of aromatic nitrogens is 1. The molecular weight excluding hydrogens is 316 g/mol. The number of amides is 1. The number of rotatable bonds is 4. The Labute approximate surface area is 148 Å². The van der Waals surface area contributed by atoms with Crippen molar-refractivity contribution < 1.29 is 14.6 Å². The molecule has 2 heterocycles. The van der Waals surface area contributed by atoms with Crippen LogP contribution in [0.15, 0.2) is 36.7 Å². The Morgan fingerprint density at radius 2 is 1.96 bits per heavy atom. The van der Waals surface area contributed by atoms with Crippen molar-refractivity contribution in [2.24, 2.45) is 0 Å². The number of pyridine rings is 1. The number of likely N-dealkylation sites (tertiary alicyclic amines) is 1. The highest BCUT2D eigenvalue weighted by molar-refractivity contribution is 5.95. The molecule has 0 saturated carbocycles. The number of aliphatic hydroxyl groups is 1. The van der Waals surface area contributed by atoms with Crippen molar-refractivity contribution in [2.75, 3.05) is 13.1 Å². The number of hydrogen-bond donors (Lipinski definition) is 1. The second-order valence-electron chi connectivity index (χ2n) is 6.61. The van der Waals surface area contributed by atoms with E-state index in [2.05, 4.69) is 4.98 Å². The lowest BCUT2D eigenvalue weighted by Crippen LogP contribution is -2.40. The summed E-state index contributed by atoms with van der Waals surface area (Å²) in [6.07, 6.45) is 4.54. The Balaban J connectivity index is 1.72. The predicted octanol–water partition coefficient (Wildman–Crippen LogP) is 2.87. The first-order valence-corrected chi connectivity index (χ1v) is 8.65. The van der Waals surface area contributed by atoms with Crippen LogP contribution < -0.4 is 4.74 Å². The first kappa shape index (κ1) is 17.4. The fraction of sp³-hybridized carbons (Fsp3) is 0.400. The number of ether oxygens (including phenoxy) is 1. The van der Waals surface area contributed by atoms with Crippen LogP contribution in [0.25, 0.3) is 0 Å². The van der Waals surface area contributed by atoms with Crippen LogP contribution in [-0.4, -0.2) is 40.1 Å². The smallest absolute Gasteiger partial charge is 0.253 e.